The Balaban J connectivity index is 2.50. The SMILES string of the molecule is CCc1nn(Cc2c(C)cccc2C)c(CC)c1C(C)Cl. The van der Waals surface area contributed by atoms with Gasteiger partial charge in [0, 0.05) is 11.3 Å². The first kappa shape index (κ1) is 16.1. The lowest BCUT2D eigenvalue weighted by Gasteiger charge is -2.13. The van der Waals surface area contributed by atoms with Crippen molar-refractivity contribution in [1.82, 2.24) is 9.78 Å². The van der Waals surface area contributed by atoms with Crippen molar-refractivity contribution in [1.29, 1.82) is 0 Å². The number of halogens is 1. The van der Waals surface area contributed by atoms with E-state index >= 15 is 0 Å². The molecular formula is C18H25ClN2. The molecule has 1 atom stereocenters. The molecule has 1 aromatic carbocycles. The number of benzene rings is 1. The second-order valence-electron chi connectivity index (χ2n) is 5.66. The molecule has 0 bridgehead atoms. The molecule has 0 aliphatic heterocycles. The predicted octanol–water partition coefficient (Wildman–Crippen LogP) is 4.97. The maximum Gasteiger partial charge on any atom is 0.0671 e. The summed E-state index contributed by atoms with van der Waals surface area (Å²) in [6.07, 6.45) is 1.89. The van der Waals surface area contributed by atoms with E-state index in [1.807, 2.05) is 6.92 Å². The topological polar surface area (TPSA) is 17.8 Å². The standard InChI is InChI=1S/C18H25ClN2/c1-6-16-18(14(5)19)17(7-2)21(20-16)11-15-12(3)9-8-10-13(15)4/h8-10,14H,6-7,11H2,1-5H3. The molecular weight excluding hydrogens is 280 g/mol. The van der Waals surface area contributed by atoms with Crippen molar-refractivity contribution in [3.63, 3.8) is 0 Å². The minimum Gasteiger partial charge on any atom is -0.265 e. The summed E-state index contributed by atoms with van der Waals surface area (Å²) in [5.74, 6) is 0. The van der Waals surface area contributed by atoms with Crippen LogP contribution in [0.3, 0.4) is 0 Å². The summed E-state index contributed by atoms with van der Waals surface area (Å²) in [7, 11) is 0. The average molecular weight is 305 g/mol. The first-order valence-electron chi connectivity index (χ1n) is 7.77. The largest absolute Gasteiger partial charge is 0.265 e. The Morgan fingerprint density at radius 1 is 1.14 bits per heavy atom. The van der Waals surface area contributed by atoms with E-state index in [9.17, 15) is 0 Å². The summed E-state index contributed by atoms with van der Waals surface area (Å²) in [5, 5.41) is 4.85. The Morgan fingerprint density at radius 2 is 1.76 bits per heavy atom. The van der Waals surface area contributed by atoms with Crippen LogP contribution in [0, 0.1) is 13.8 Å². The normalized spacial score (nSPS) is 12.7. The van der Waals surface area contributed by atoms with Crippen LogP contribution in [-0.2, 0) is 19.4 Å². The van der Waals surface area contributed by atoms with Gasteiger partial charge in [0.25, 0.3) is 0 Å². The lowest BCUT2D eigenvalue weighted by molar-refractivity contribution is 0.635. The molecule has 0 spiro atoms. The Hall–Kier alpha value is -1.28. The van der Waals surface area contributed by atoms with Gasteiger partial charge in [-0.2, -0.15) is 5.10 Å². The fourth-order valence-corrected chi connectivity index (χ4v) is 3.29. The second-order valence-corrected chi connectivity index (χ2v) is 6.31. The van der Waals surface area contributed by atoms with E-state index in [1.54, 1.807) is 0 Å². The monoisotopic (exact) mass is 304 g/mol. The zero-order chi connectivity index (χ0) is 15.6. The van der Waals surface area contributed by atoms with Gasteiger partial charge in [0.2, 0.25) is 0 Å². The van der Waals surface area contributed by atoms with E-state index in [0.717, 1.165) is 25.1 Å². The van der Waals surface area contributed by atoms with Crippen LogP contribution in [0.25, 0.3) is 0 Å². The quantitative estimate of drug-likeness (QED) is 0.713. The van der Waals surface area contributed by atoms with Gasteiger partial charge in [-0.15, -0.1) is 11.6 Å². The molecule has 0 saturated heterocycles. The molecule has 0 amide bonds. The summed E-state index contributed by atoms with van der Waals surface area (Å²) in [6.45, 7) is 11.5. The second kappa shape index (κ2) is 6.65. The molecule has 1 heterocycles. The maximum atomic E-state index is 6.40. The van der Waals surface area contributed by atoms with Crippen molar-refractivity contribution < 1.29 is 0 Å². The van der Waals surface area contributed by atoms with Crippen molar-refractivity contribution in [2.75, 3.05) is 0 Å². The molecule has 1 unspecified atom stereocenters. The van der Waals surface area contributed by atoms with Gasteiger partial charge in [-0.05, 0) is 50.3 Å². The van der Waals surface area contributed by atoms with Gasteiger partial charge in [0.1, 0.15) is 0 Å². The molecule has 2 aromatic rings. The third-order valence-electron chi connectivity index (χ3n) is 4.19. The van der Waals surface area contributed by atoms with E-state index in [0.29, 0.717) is 0 Å². The van der Waals surface area contributed by atoms with Crippen LogP contribution in [0.4, 0.5) is 0 Å². The van der Waals surface area contributed by atoms with Crippen LogP contribution in [0.5, 0.6) is 0 Å². The van der Waals surface area contributed by atoms with Crippen LogP contribution in [-0.4, -0.2) is 9.78 Å². The minimum atomic E-state index is 0.0154. The Kier molecular flexibility index (Phi) is 5.10. The molecule has 2 rings (SSSR count). The van der Waals surface area contributed by atoms with Crippen molar-refractivity contribution in [3.05, 3.63) is 51.8 Å². The van der Waals surface area contributed by atoms with E-state index < -0.39 is 0 Å². The highest BCUT2D eigenvalue weighted by molar-refractivity contribution is 6.20. The highest BCUT2D eigenvalue weighted by Gasteiger charge is 2.19. The van der Waals surface area contributed by atoms with E-state index in [2.05, 4.69) is 50.6 Å². The highest BCUT2D eigenvalue weighted by Crippen LogP contribution is 2.29. The van der Waals surface area contributed by atoms with Gasteiger partial charge in [0.15, 0.2) is 0 Å². The number of aromatic nitrogens is 2. The van der Waals surface area contributed by atoms with E-state index in [1.165, 1.54) is 27.9 Å². The van der Waals surface area contributed by atoms with Gasteiger partial charge in [-0.1, -0.05) is 32.0 Å². The molecule has 0 fully saturated rings. The molecule has 114 valence electrons. The number of aryl methyl sites for hydroxylation is 3. The number of hydrogen-bond acceptors (Lipinski definition) is 1. The lowest BCUT2D eigenvalue weighted by atomic mass is 10.0. The molecule has 2 nitrogen and oxygen atoms in total. The first-order valence-corrected chi connectivity index (χ1v) is 8.20. The van der Waals surface area contributed by atoms with Gasteiger partial charge in [-0.25, -0.2) is 0 Å². The summed E-state index contributed by atoms with van der Waals surface area (Å²) in [6, 6.07) is 6.45. The van der Waals surface area contributed by atoms with E-state index in [4.69, 9.17) is 16.7 Å². The van der Waals surface area contributed by atoms with E-state index in [-0.39, 0.29) is 5.38 Å². The lowest BCUT2D eigenvalue weighted by Crippen LogP contribution is -2.09. The smallest absolute Gasteiger partial charge is 0.0671 e. The number of rotatable bonds is 5. The van der Waals surface area contributed by atoms with Crippen LogP contribution in [0.15, 0.2) is 18.2 Å². The zero-order valence-electron chi connectivity index (χ0n) is 13.7. The van der Waals surface area contributed by atoms with Crippen LogP contribution in [0.1, 0.15) is 59.8 Å². The van der Waals surface area contributed by atoms with Crippen molar-refractivity contribution in [3.8, 4) is 0 Å². The van der Waals surface area contributed by atoms with Gasteiger partial charge in [-0.3, -0.25) is 4.68 Å². The summed E-state index contributed by atoms with van der Waals surface area (Å²) < 4.78 is 2.16. The third kappa shape index (κ3) is 3.16. The molecule has 0 radical (unpaired) electrons. The van der Waals surface area contributed by atoms with Gasteiger partial charge in [0.05, 0.1) is 17.6 Å². The minimum absolute atomic E-state index is 0.0154. The average Bonchev–Trinajstić information content (AvgIpc) is 2.80. The number of nitrogens with zero attached hydrogens (tertiary/aromatic N) is 2. The number of alkyl halides is 1. The molecule has 0 N–H and O–H groups in total. The predicted molar refractivity (Wildman–Crippen MR) is 90.3 cm³/mol. The summed E-state index contributed by atoms with van der Waals surface area (Å²) in [5.41, 5.74) is 7.66. The molecule has 21 heavy (non-hydrogen) atoms. The highest BCUT2D eigenvalue weighted by atomic mass is 35.5. The third-order valence-corrected chi connectivity index (χ3v) is 4.41. The summed E-state index contributed by atoms with van der Waals surface area (Å²) in [4.78, 5) is 0. The van der Waals surface area contributed by atoms with Gasteiger partial charge < -0.3 is 0 Å². The van der Waals surface area contributed by atoms with Crippen LogP contribution >= 0.6 is 11.6 Å². The maximum absolute atomic E-state index is 6.40. The Bertz CT molecular complexity index is 606. The van der Waals surface area contributed by atoms with Crippen molar-refractivity contribution in [2.24, 2.45) is 0 Å². The first-order chi connectivity index (χ1) is 9.99. The number of hydrogen-bond donors (Lipinski definition) is 0. The zero-order valence-corrected chi connectivity index (χ0v) is 14.5. The molecule has 1 aromatic heterocycles. The fraction of sp³-hybridized carbons (Fsp3) is 0.500. The van der Waals surface area contributed by atoms with Gasteiger partial charge >= 0.3 is 0 Å². The molecule has 0 aliphatic rings. The van der Waals surface area contributed by atoms with Crippen molar-refractivity contribution >= 4 is 11.6 Å². The fourth-order valence-electron chi connectivity index (χ4n) is 3.04. The Labute approximate surface area is 133 Å². The molecule has 0 aliphatic carbocycles. The Morgan fingerprint density at radius 3 is 2.24 bits per heavy atom. The molecule has 3 heteroatoms. The summed E-state index contributed by atoms with van der Waals surface area (Å²) >= 11 is 6.40. The van der Waals surface area contributed by atoms with Crippen LogP contribution < -0.4 is 0 Å². The van der Waals surface area contributed by atoms with Crippen molar-refractivity contribution in [2.45, 2.75) is 59.4 Å². The molecule has 0 saturated carbocycles. The van der Waals surface area contributed by atoms with Crippen LogP contribution in [0.2, 0.25) is 0 Å².